The number of nitrogens with zero attached hydrogens (tertiary/aromatic N) is 1. The molecule has 0 aliphatic heterocycles. The Kier molecular flexibility index (Phi) is 5.45. The van der Waals surface area contributed by atoms with E-state index in [9.17, 15) is 5.11 Å². The number of hydrogen-bond acceptors (Lipinski definition) is 4. The summed E-state index contributed by atoms with van der Waals surface area (Å²) in [6.07, 6.45) is 0. The zero-order valence-corrected chi connectivity index (χ0v) is 12.9. The minimum absolute atomic E-state index is 0.233. The Labute approximate surface area is 128 Å². The molecule has 0 saturated carbocycles. The average Bonchev–Trinajstić information content (AvgIpc) is 3.02. The molecule has 0 atom stereocenters. The molecule has 5 nitrogen and oxygen atoms in total. The third-order valence-electron chi connectivity index (χ3n) is 3.00. The van der Waals surface area contributed by atoms with E-state index < -0.39 is 0 Å². The Morgan fingerprint density at radius 3 is 2.76 bits per heavy atom. The van der Waals surface area contributed by atoms with Crippen LogP contribution in [0, 0.1) is 0 Å². The number of phenols is 1. The highest BCUT2D eigenvalue weighted by atomic mass is 32.1. The number of aliphatic imine (C=N–C) groups is 1. The SMILES string of the molecule is CN=C(NCc1ccsc1)NCc1cc(OC)ccc1O. The van der Waals surface area contributed by atoms with Crippen molar-refractivity contribution in [3.63, 3.8) is 0 Å². The molecule has 1 heterocycles. The maximum absolute atomic E-state index is 9.84. The fourth-order valence-corrected chi connectivity index (χ4v) is 2.48. The van der Waals surface area contributed by atoms with Gasteiger partial charge in [-0.1, -0.05) is 0 Å². The van der Waals surface area contributed by atoms with Crippen LogP contribution in [0.25, 0.3) is 0 Å². The van der Waals surface area contributed by atoms with Gasteiger partial charge < -0.3 is 20.5 Å². The quantitative estimate of drug-likeness (QED) is 0.586. The second-order valence-corrected chi connectivity index (χ2v) is 5.19. The van der Waals surface area contributed by atoms with Gasteiger partial charge in [0, 0.05) is 25.7 Å². The number of thiophene rings is 1. The van der Waals surface area contributed by atoms with E-state index in [0.29, 0.717) is 24.8 Å². The Morgan fingerprint density at radius 1 is 1.29 bits per heavy atom. The van der Waals surface area contributed by atoms with Crippen molar-refractivity contribution in [1.82, 2.24) is 10.6 Å². The number of aromatic hydroxyl groups is 1. The fourth-order valence-electron chi connectivity index (χ4n) is 1.81. The topological polar surface area (TPSA) is 65.9 Å². The summed E-state index contributed by atoms with van der Waals surface area (Å²) in [6.45, 7) is 1.18. The number of ether oxygens (including phenoxy) is 1. The van der Waals surface area contributed by atoms with Crippen LogP contribution in [0.2, 0.25) is 0 Å². The number of guanidine groups is 1. The molecule has 0 fully saturated rings. The summed E-state index contributed by atoms with van der Waals surface area (Å²) in [5.41, 5.74) is 1.97. The lowest BCUT2D eigenvalue weighted by molar-refractivity contribution is 0.410. The molecule has 0 bridgehead atoms. The Hall–Kier alpha value is -2.21. The maximum Gasteiger partial charge on any atom is 0.191 e. The average molecular weight is 305 g/mol. The van der Waals surface area contributed by atoms with E-state index in [1.165, 1.54) is 5.56 Å². The van der Waals surface area contributed by atoms with E-state index in [4.69, 9.17) is 4.74 Å². The summed E-state index contributed by atoms with van der Waals surface area (Å²) in [5.74, 6) is 1.63. The molecule has 0 aliphatic carbocycles. The number of benzene rings is 1. The van der Waals surface area contributed by atoms with Gasteiger partial charge in [0.25, 0.3) is 0 Å². The van der Waals surface area contributed by atoms with Crippen LogP contribution in [0.3, 0.4) is 0 Å². The monoisotopic (exact) mass is 305 g/mol. The number of phenolic OH excluding ortho intramolecular Hbond substituents is 1. The van der Waals surface area contributed by atoms with Crippen LogP contribution >= 0.6 is 11.3 Å². The Morgan fingerprint density at radius 2 is 2.10 bits per heavy atom. The van der Waals surface area contributed by atoms with Crippen LogP contribution in [0.1, 0.15) is 11.1 Å². The molecule has 3 N–H and O–H groups in total. The Balaban J connectivity index is 1.91. The van der Waals surface area contributed by atoms with Gasteiger partial charge >= 0.3 is 0 Å². The van der Waals surface area contributed by atoms with Crippen molar-refractivity contribution < 1.29 is 9.84 Å². The smallest absolute Gasteiger partial charge is 0.191 e. The highest BCUT2D eigenvalue weighted by molar-refractivity contribution is 7.07. The van der Waals surface area contributed by atoms with Crippen molar-refractivity contribution in [2.75, 3.05) is 14.2 Å². The van der Waals surface area contributed by atoms with Gasteiger partial charge in [-0.3, -0.25) is 4.99 Å². The lowest BCUT2D eigenvalue weighted by atomic mass is 10.2. The van der Waals surface area contributed by atoms with Crippen molar-refractivity contribution in [3.05, 3.63) is 46.2 Å². The van der Waals surface area contributed by atoms with Crippen LogP contribution in [-0.2, 0) is 13.1 Å². The minimum Gasteiger partial charge on any atom is -0.508 e. The van der Waals surface area contributed by atoms with Crippen LogP contribution in [0.15, 0.2) is 40.0 Å². The standard InChI is InChI=1S/C15H19N3O2S/c1-16-15(17-8-11-5-6-21-10-11)18-9-12-7-13(20-2)3-4-14(12)19/h3-7,10,19H,8-9H2,1-2H3,(H2,16,17,18). The molecule has 0 unspecified atom stereocenters. The van der Waals surface area contributed by atoms with Crippen molar-refractivity contribution in [1.29, 1.82) is 0 Å². The third kappa shape index (κ3) is 4.39. The molecule has 0 aliphatic rings. The molecule has 0 saturated heterocycles. The molecule has 0 radical (unpaired) electrons. The first kappa shape index (κ1) is 15.2. The van der Waals surface area contributed by atoms with Crippen LogP contribution < -0.4 is 15.4 Å². The van der Waals surface area contributed by atoms with Gasteiger partial charge in [0.05, 0.1) is 7.11 Å². The lowest BCUT2D eigenvalue weighted by Gasteiger charge is -2.13. The minimum atomic E-state index is 0.233. The van der Waals surface area contributed by atoms with Crippen LogP contribution in [-0.4, -0.2) is 25.2 Å². The molecule has 21 heavy (non-hydrogen) atoms. The van der Waals surface area contributed by atoms with Gasteiger partial charge in [0.1, 0.15) is 11.5 Å². The number of rotatable bonds is 5. The van der Waals surface area contributed by atoms with Crippen LogP contribution in [0.4, 0.5) is 0 Å². The highest BCUT2D eigenvalue weighted by Crippen LogP contribution is 2.22. The molecule has 6 heteroatoms. The maximum atomic E-state index is 9.84. The first-order valence-corrected chi connectivity index (χ1v) is 7.48. The Bertz CT molecular complexity index is 597. The van der Waals surface area contributed by atoms with E-state index >= 15 is 0 Å². The van der Waals surface area contributed by atoms with E-state index in [0.717, 1.165) is 5.56 Å². The summed E-state index contributed by atoms with van der Waals surface area (Å²) >= 11 is 1.67. The highest BCUT2D eigenvalue weighted by Gasteiger charge is 2.05. The first-order valence-electron chi connectivity index (χ1n) is 6.54. The summed E-state index contributed by atoms with van der Waals surface area (Å²) in [6, 6.07) is 7.22. The molecular weight excluding hydrogens is 286 g/mol. The zero-order valence-electron chi connectivity index (χ0n) is 12.1. The molecule has 112 valence electrons. The third-order valence-corrected chi connectivity index (χ3v) is 3.73. The normalized spacial score (nSPS) is 11.2. The summed E-state index contributed by atoms with van der Waals surface area (Å²) in [7, 11) is 3.32. The van der Waals surface area contributed by atoms with Gasteiger partial charge in [-0.05, 0) is 40.6 Å². The number of nitrogens with one attached hydrogen (secondary N) is 2. The number of hydrogen-bond donors (Lipinski definition) is 3. The summed E-state index contributed by atoms with van der Waals surface area (Å²) in [4.78, 5) is 4.16. The molecule has 1 aromatic heterocycles. The molecule has 0 spiro atoms. The van der Waals surface area contributed by atoms with Gasteiger partial charge in [-0.2, -0.15) is 11.3 Å². The van der Waals surface area contributed by atoms with E-state index in [1.54, 1.807) is 43.7 Å². The van der Waals surface area contributed by atoms with E-state index in [1.807, 2.05) is 5.38 Å². The van der Waals surface area contributed by atoms with Gasteiger partial charge in [-0.15, -0.1) is 0 Å². The molecule has 2 aromatic rings. The van der Waals surface area contributed by atoms with Crippen molar-refractivity contribution in [2.45, 2.75) is 13.1 Å². The predicted octanol–water partition coefficient (Wildman–Crippen LogP) is 2.33. The second-order valence-electron chi connectivity index (χ2n) is 4.41. The molecule has 0 amide bonds. The number of methoxy groups -OCH3 is 1. The first-order chi connectivity index (χ1) is 10.2. The van der Waals surface area contributed by atoms with Crippen molar-refractivity contribution in [3.8, 4) is 11.5 Å². The molecule has 2 rings (SSSR count). The van der Waals surface area contributed by atoms with E-state index in [-0.39, 0.29) is 5.75 Å². The van der Waals surface area contributed by atoms with Gasteiger partial charge in [0.15, 0.2) is 5.96 Å². The summed E-state index contributed by atoms with van der Waals surface area (Å²) in [5, 5.41) is 20.4. The van der Waals surface area contributed by atoms with Crippen molar-refractivity contribution >= 4 is 17.3 Å². The lowest BCUT2D eigenvalue weighted by Crippen LogP contribution is -2.36. The predicted molar refractivity (Wildman–Crippen MR) is 86.0 cm³/mol. The van der Waals surface area contributed by atoms with Gasteiger partial charge in [-0.25, -0.2) is 0 Å². The van der Waals surface area contributed by atoms with E-state index in [2.05, 4.69) is 27.1 Å². The largest absolute Gasteiger partial charge is 0.508 e. The van der Waals surface area contributed by atoms with Crippen LogP contribution in [0.5, 0.6) is 11.5 Å². The fraction of sp³-hybridized carbons (Fsp3) is 0.267. The van der Waals surface area contributed by atoms with Gasteiger partial charge in [0.2, 0.25) is 0 Å². The second kappa shape index (κ2) is 7.54. The molecular formula is C15H19N3O2S. The molecule has 1 aromatic carbocycles. The van der Waals surface area contributed by atoms with Crippen molar-refractivity contribution in [2.24, 2.45) is 4.99 Å². The zero-order chi connectivity index (χ0) is 15.1. The summed E-state index contributed by atoms with van der Waals surface area (Å²) < 4.78 is 5.16.